The van der Waals surface area contributed by atoms with Crippen molar-refractivity contribution < 1.29 is 4.39 Å². The van der Waals surface area contributed by atoms with Gasteiger partial charge in [-0.2, -0.15) is 0 Å². The average Bonchev–Trinajstić information content (AvgIpc) is 2.79. The van der Waals surface area contributed by atoms with Crippen molar-refractivity contribution in [2.24, 2.45) is 0 Å². The molecule has 3 aromatic rings. The SMILES string of the molecule is CCN(CC)CCCNc1ncc2c(n1)-c1ccccc1C(c1ccc(F)cc1)C2. The van der Waals surface area contributed by atoms with Gasteiger partial charge < -0.3 is 10.2 Å². The van der Waals surface area contributed by atoms with Gasteiger partial charge in [0.25, 0.3) is 0 Å². The third kappa shape index (κ3) is 4.36. The van der Waals surface area contributed by atoms with E-state index in [9.17, 15) is 4.39 Å². The monoisotopic (exact) mass is 404 g/mol. The Balaban J connectivity index is 1.54. The van der Waals surface area contributed by atoms with Gasteiger partial charge >= 0.3 is 0 Å². The highest BCUT2D eigenvalue weighted by Gasteiger charge is 2.27. The molecule has 2 aromatic carbocycles. The predicted molar refractivity (Wildman–Crippen MR) is 120 cm³/mol. The van der Waals surface area contributed by atoms with Gasteiger partial charge in [-0.15, -0.1) is 0 Å². The third-order valence-corrected chi connectivity index (χ3v) is 5.98. The summed E-state index contributed by atoms with van der Waals surface area (Å²) in [4.78, 5) is 11.8. The lowest BCUT2D eigenvalue weighted by molar-refractivity contribution is 0.303. The van der Waals surface area contributed by atoms with E-state index in [2.05, 4.69) is 53.3 Å². The lowest BCUT2D eigenvalue weighted by Gasteiger charge is -2.27. The molecule has 4 rings (SSSR count). The summed E-state index contributed by atoms with van der Waals surface area (Å²) in [5.74, 6) is 0.664. The smallest absolute Gasteiger partial charge is 0.223 e. The summed E-state index contributed by atoms with van der Waals surface area (Å²) in [6.07, 6.45) is 3.83. The molecule has 1 N–H and O–H groups in total. The molecule has 0 bridgehead atoms. The van der Waals surface area contributed by atoms with Crippen molar-refractivity contribution in [1.29, 1.82) is 0 Å². The molecule has 1 aliphatic rings. The number of hydrogen-bond donors (Lipinski definition) is 1. The van der Waals surface area contributed by atoms with E-state index in [0.29, 0.717) is 5.95 Å². The minimum absolute atomic E-state index is 0.186. The zero-order valence-corrected chi connectivity index (χ0v) is 17.7. The number of anilines is 1. The second kappa shape index (κ2) is 9.35. The molecule has 156 valence electrons. The van der Waals surface area contributed by atoms with E-state index in [1.165, 1.54) is 17.7 Å². The highest BCUT2D eigenvalue weighted by Crippen LogP contribution is 2.41. The van der Waals surface area contributed by atoms with Crippen LogP contribution in [-0.4, -0.2) is 41.0 Å². The molecule has 5 heteroatoms. The second-order valence-electron chi connectivity index (χ2n) is 7.77. The van der Waals surface area contributed by atoms with Gasteiger partial charge in [-0.05, 0) is 61.3 Å². The van der Waals surface area contributed by atoms with E-state index >= 15 is 0 Å². The molecule has 1 heterocycles. The van der Waals surface area contributed by atoms with Crippen LogP contribution < -0.4 is 5.32 Å². The fourth-order valence-electron chi connectivity index (χ4n) is 4.26. The predicted octanol–water partition coefficient (Wildman–Crippen LogP) is 5.11. The number of benzene rings is 2. The maximum atomic E-state index is 13.4. The minimum Gasteiger partial charge on any atom is -0.354 e. The van der Waals surface area contributed by atoms with E-state index in [0.717, 1.165) is 61.4 Å². The molecule has 0 aliphatic heterocycles. The summed E-state index contributed by atoms with van der Waals surface area (Å²) in [5.41, 5.74) is 5.64. The second-order valence-corrected chi connectivity index (χ2v) is 7.77. The van der Waals surface area contributed by atoms with Crippen molar-refractivity contribution in [3.05, 3.63) is 77.2 Å². The Bertz CT molecular complexity index is 983. The molecule has 0 radical (unpaired) electrons. The van der Waals surface area contributed by atoms with Gasteiger partial charge in [-0.3, -0.25) is 0 Å². The Morgan fingerprint density at radius 1 is 1.07 bits per heavy atom. The lowest BCUT2D eigenvalue weighted by atomic mass is 9.78. The molecule has 1 aliphatic carbocycles. The maximum absolute atomic E-state index is 13.4. The Labute approximate surface area is 178 Å². The Kier molecular flexibility index (Phi) is 6.38. The molecule has 0 saturated heterocycles. The van der Waals surface area contributed by atoms with Crippen LogP contribution in [0, 0.1) is 5.82 Å². The van der Waals surface area contributed by atoms with Crippen LogP contribution in [0.5, 0.6) is 0 Å². The van der Waals surface area contributed by atoms with Crippen molar-refractivity contribution in [3.63, 3.8) is 0 Å². The molecular formula is C25H29FN4. The number of hydrogen-bond acceptors (Lipinski definition) is 4. The molecule has 0 fully saturated rings. The minimum atomic E-state index is -0.205. The molecule has 30 heavy (non-hydrogen) atoms. The number of halogens is 1. The van der Waals surface area contributed by atoms with Crippen molar-refractivity contribution in [2.45, 2.75) is 32.6 Å². The van der Waals surface area contributed by atoms with Crippen LogP contribution in [0.3, 0.4) is 0 Å². The van der Waals surface area contributed by atoms with Gasteiger partial charge in [0.2, 0.25) is 5.95 Å². The summed E-state index contributed by atoms with van der Waals surface area (Å²) in [7, 11) is 0. The summed E-state index contributed by atoms with van der Waals surface area (Å²) in [6.45, 7) is 8.48. The van der Waals surface area contributed by atoms with Crippen LogP contribution in [0.25, 0.3) is 11.3 Å². The normalized spacial score (nSPS) is 15.0. The quantitative estimate of drug-likeness (QED) is 0.530. The summed E-state index contributed by atoms with van der Waals surface area (Å²) in [5, 5.41) is 3.39. The molecule has 1 unspecified atom stereocenters. The van der Waals surface area contributed by atoms with Crippen LogP contribution in [0.2, 0.25) is 0 Å². The highest BCUT2D eigenvalue weighted by molar-refractivity contribution is 5.72. The Morgan fingerprint density at radius 3 is 2.60 bits per heavy atom. The van der Waals surface area contributed by atoms with Gasteiger partial charge in [0, 0.05) is 24.2 Å². The summed E-state index contributed by atoms with van der Waals surface area (Å²) >= 11 is 0. The first-order valence-electron chi connectivity index (χ1n) is 10.9. The number of aromatic nitrogens is 2. The topological polar surface area (TPSA) is 41.0 Å². The molecule has 0 amide bonds. The van der Waals surface area contributed by atoms with Crippen LogP contribution in [0.1, 0.15) is 42.9 Å². The Hall–Kier alpha value is -2.79. The van der Waals surface area contributed by atoms with Gasteiger partial charge in [0.15, 0.2) is 0 Å². The first-order chi connectivity index (χ1) is 14.7. The van der Waals surface area contributed by atoms with E-state index in [1.54, 1.807) is 0 Å². The first-order valence-corrected chi connectivity index (χ1v) is 10.9. The van der Waals surface area contributed by atoms with Crippen LogP contribution in [0.4, 0.5) is 10.3 Å². The number of nitrogens with zero attached hydrogens (tertiary/aromatic N) is 3. The van der Waals surface area contributed by atoms with Crippen molar-refractivity contribution in [1.82, 2.24) is 14.9 Å². The molecule has 4 nitrogen and oxygen atoms in total. The van der Waals surface area contributed by atoms with Crippen molar-refractivity contribution in [2.75, 3.05) is 31.5 Å². The van der Waals surface area contributed by atoms with Crippen molar-refractivity contribution >= 4 is 5.95 Å². The Morgan fingerprint density at radius 2 is 1.83 bits per heavy atom. The number of rotatable bonds is 8. The first kappa shape index (κ1) is 20.5. The zero-order chi connectivity index (χ0) is 20.9. The van der Waals surface area contributed by atoms with Gasteiger partial charge in [-0.25, -0.2) is 14.4 Å². The van der Waals surface area contributed by atoms with Crippen LogP contribution in [-0.2, 0) is 6.42 Å². The number of fused-ring (bicyclic) bond motifs is 3. The molecule has 0 saturated carbocycles. The van der Waals surface area contributed by atoms with Crippen molar-refractivity contribution in [3.8, 4) is 11.3 Å². The van der Waals surface area contributed by atoms with Gasteiger partial charge in [0.1, 0.15) is 5.82 Å². The molecular weight excluding hydrogens is 375 g/mol. The van der Waals surface area contributed by atoms with E-state index in [-0.39, 0.29) is 11.7 Å². The summed E-state index contributed by atoms with van der Waals surface area (Å²) in [6, 6.07) is 15.2. The zero-order valence-electron chi connectivity index (χ0n) is 17.7. The third-order valence-electron chi connectivity index (χ3n) is 5.98. The van der Waals surface area contributed by atoms with E-state index in [1.807, 2.05) is 18.3 Å². The number of nitrogens with one attached hydrogen (secondary N) is 1. The highest BCUT2D eigenvalue weighted by atomic mass is 19.1. The fourth-order valence-corrected chi connectivity index (χ4v) is 4.26. The van der Waals surface area contributed by atoms with Gasteiger partial charge in [0.05, 0.1) is 5.69 Å². The molecule has 1 aromatic heterocycles. The molecule has 1 atom stereocenters. The largest absolute Gasteiger partial charge is 0.354 e. The van der Waals surface area contributed by atoms with Gasteiger partial charge in [-0.1, -0.05) is 50.2 Å². The van der Waals surface area contributed by atoms with Crippen LogP contribution in [0.15, 0.2) is 54.7 Å². The maximum Gasteiger partial charge on any atom is 0.223 e. The lowest BCUT2D eigenvalue weighted by Crippen LogP contribution is -2.25. The van der Waals surface area contributed by atoms with Crippen LogP contribution >= 0.6 is 0 Å². The van der Waals surface area contributed by atoms with E-state index < -0.39 is 0 Å². The fraction of sp³-hybridized carbons (Fsp3) is 0.360. The van der Waals surface area contributed by atoms with E-state index in [4.69, 9.17) is 4.98 Å². The summed E-state index contributed by atoms with van der Waals surface area (Å²) < 4.78 is 13.4. The standard InChI is InChI=1S/C25H29FN4/c1-3-30(4-2)15-7-14-27-25-28-17-19-16-23(18-10-12-20(26)13-11-18)21-8-5-6-9-22(21)24(19)29-25/h5-6,8-13,17,23H,3-4,7,14-16H2,1-2H3,(H,27,28,29). The molecule has 0 spiro atoms. The average molecular weight is 405 g/mol.